The Bertz CT molecular complexity index is 297. The van der Waals surface area contributed by atoms with Gasteiger partial charge in [-0.3, -0.25) is 0 Å². The van der Waals surface area contributed by atoms with Gasteiger partial charge in [0.1, 0.15) is 6.26 Å². The van der Waals surface area contributed by atoms with E-state index in [4.69, 9.17) is 10.2 Å². The first-order valence-corrected chi connectivity index (χ1v) is 5.12. The van der Waals surface area contributed by atoms with Gasteiger partial charge in [0.2, 0.25) is 0 Å². The van der Waals surface area contributed by atoms with Crippen molar-refractivity contribution in [1.29, 1.82) is 0 Å². The molecule has 2 rings (SSSR count). The second-order valence-electron chi connectivity index (χ2n) is 3.96. The zero-order valence-corrected chi connectivity index (χ0v) is 8.57. The summed E-state index contributed by atoms with van der Waals surface area (Å²) in [6.45, 7) is 2.83. The van der Waals surface area contributed by atoms with Crippen LogP contribution in [-0.4, -0.2) is 36.6 Å². The molecule has 0 aromatic carbocycles. The van der Waals surface area contributed by atoms with Gasteiger partial charge in [0, 0.05) is 18.9 Å². The lowest BCUT2D eigenvalue weighted by molar-refractivity contribution is 0.392. The summed E-state index contributed by atoms with van der Waals surface area (Å²) in [6, 6.07) is 0. The Morgan fingerprint density at radius 2 is 2.57 bits per heavy atom. The largest absolute Gasteiger partial charge is 0.448 e. The Balaban J connectivity index is 2.02. The van der Waals surface area contributed by atoms with Gasteiger partial charge in [-0.1, -0.05) is 0 Å². The molecule has 1 aliphatic rings. The minimum atomic E-state index is 0.478. The molecule has 0 radical (unpaired) electrons. The van der Waals surface area contributed by atoms with Gasteiger partial charge in [0.15, 0.2) is 5.89 Å². The molecule has 4 nitrogen and oxygen atoms in total. The lowest BCUT2D eigenvalue weighted by atomic mass is 10.1. The molecule has 1 saturated heterocycles. The van der Waals surface area contributed by atoms with Crippen molar-refractivity contribution in [2.24, 2.45) is 5.73 Å². The maximum atomic E-state index is 5.46. The minimum Gasteiger partial charge on any atom is -0.448 e. The molecule has 1 aromatic rings. The Morgan fingerprint density at radius 1 is 1.71 bits per heavy atom. The first-order valence-electron chi connectivity index (χ1n) is 5.12. The summed E-state index contributed by atoms with van der Waals surface area (Å²) < 4.78 is 5.46. The number of likely N-dealkylation sites (N-methyl/N-ethyl adjacent to an activating group) is 1. The van der Waals surface area contributed by atoms with E-state index in [9.17, 15) is 0 Å². The van der Waals surface area contributed by atoms with Gasteiger partial charge >= 0.3 is 0 Å². The number of nitrogens with two attached hydrogens (primary N) is 1. The number of likely N-dealkylation sites (tertiary alicyclic amines) is 1. The van der Waals surface area contributed by atoms with Gasteiger partial charge in [-0.15, -0.1) is 0 Å². The molecular weight excluding hydrogens is 178 g/mol. The summed E-state index contributed by atoms with van der Waals surface area (Å²) in [7, 11) is 2.13. The van der Waals surface area contributed by atoms with Crippen molar-refractivity contribution in [3.63, 3.8) is 0 Å². The van der Waals surface area contributed by atoms with Crippen molar-refractivity contribution >= 4 is 0 Å². The molecular formula is C10H17N3O. The standard InChI is InChI=1S/C10H17N3O/c1-13-5-3-8(6-13)10-12-9(2-4-11)7-14-10/h7-8H,2-6,11H2,1H3. The summed E-state index contributed by atoms with van der Waals surface area (Å²) in [6.07, 6.45) is 3.70. The molecule has 1 unspecified atom stereocenters. The Morgan fingerprint density at radius 3 is 3.21 bits per heavy atom. The SMILES string of the molecule is CN1CCC(c2nc(CCN)co2)C1. The first-order chi connectivity index (χ1) is 6.79. The lowest BCUT2D eigenvalue weighted by Crippen LogP contribution is -2.13. The Labute approximate surface area is 84.1 Å². The van der Waals surface area contributed by atoms with Gasteiger partial charge in [0.05, 0.1) is 5.69 Å². The third kappa shape index (κ3) is 1.96. The summed E-state index contributed by atoms with van der Waals surface area (Å²) >= 11 is 0. The molecule has 1 aliphatic heterocycles. The van der Waals surface area contributed by atoms with Crippen LogP contribution in [0.3, 0.4) is 0 Å². The van der Waals surface area contributed by atoms with Crippen molar-refractivity contribution in [3.8, 4) is 0 Å². The normalized spacial score (nSPS) is 23.1. The quantitative estimate of drug-likeness (QED) is 0.767. The van der Waals surface area contributed by atoms with E-state index in [1.54, 1.807) is 6.26 Å². The maximum Gasteiger partial charge on any atom is 0.198 e. The first kappa shape index (κ1) is 9.68. The van der Waals surface area contributed by atoms with E-state index in [2.05, 4.69) is 16.9 Å². The molecule has 4 heteroatoms. The molecule has 0 aliphatic carbocycles. The van der Waals surface area contributed by atoms with Crippen LogP contribution in [0.1, 0.15) is 23.9 Å². The van der Waals surface area contributed by atoms with Crippen molar-refractivity contribution in [2.45, 2.75) is 18.8 Å². The highest BCUT2D eigenvalue weighted by Crippen LogP contribution is 2.25. The number of hydrogen-bond acceptors (Lipinski definition) is 4. The molecule has 2 heterocycles. The average molecular weight is 195 g/mol. The predicted molar refractivity (Wildman–Crippen MR) is 54.1 cm³/mol. The molecule has 0 amide bonds. The molecule has 1 fully saturated rings. The fourth-order valence-electron chi connectivity index (χ4n) is 1.91. The summed E-state index contributed by atoms with van der Waals surface area (Å²) in [5.74, 6) is 1.37. The van der Waals surface area contributed by atoms with Crippen molar-refractivity contribution < 1.29 is 4.42 Å². The number of nitrogens with zero attached hydrogens (tertiary/aromatic N) is 2. The maximum absolute atomic E-state index is 5.46. The predicted octanol–water partition coefficient (Wildman–Crippen LogP) is 0.595. The van der Waals surface area contributed by atoms with Gasteiger partial charge in [-0.05, 0) is 26.6 Å². The highest BCUT2D eigenvalue weighted by molar-refractivity contribution is 5.03. The fourth-order valence-corrected chi connectivity index (χ4v) is 1.91. The van der Waals surface area contributed by atoms with Crippen LogP contribution in [0.25, 0.3) is 0 Å². The second kappa shape index (κ2) is 4.11. The van der Waals surface area contributed by atoms with Crippen LogP contribution in [0.15, 0.2) is 10.7 Å². The van der Waals surface area contributed by atoms with E-state index in [1.807, 2.05) is 0 Å². The van der Waals surface area contributed by atoms with Crippen molar-refractivity contribution in [3.05, 3.63) is 17.8 Å². The molecule has 1 atom stereocenters. The molecule has 14 heavy (non-hydrogen) atoms. The zero-order valence-electron chi connectivity index (χ0n) is 8.57. The summed E-state index contributed by atoms with van der Waals surface area (Å²) in [4.78, 5) is 6.75. The van der Waals surface area contributed by atoms with Crippen LogP contribution in [-0.2, 0) is 6.42 Å². The van der Waals surface area contributed by atoms with Gasteiger partial charge < -0.3 is 15.1 Å². The number of oxazole rings is 1. The molecule has 0 saturated carbocycles. The Hall–Kier alpha value is -0.870. The number of aromatic nitrogens is 1. The lowest BCUT2D eigenvalue weighted by Gasteiger charge is -2.05. The smallest absolute Gasteiger partial charge is 0.198 e. The molecule has 0 bridgehead atoms. The highest BCUT2D eigenvalue weighted by atomic mass is 16.3. The number of hydrogen-bond donors (Lipinski definition) is 1. The fraction of sp³-hybridized carbons (Fsp3) is 0.700. The van der Waals surface area contributed by atoms with Gasteiger partial charge in [0.25, 0.3) is 0 Å². The van der Waals surface area contributed by atoms with E-state index in [0.29, 0.717) is 12.5 Å². The zero-order chi connectivity index (χ0) is 9.97. The average Bonchev–Trinajstić information content (AvgIpc) is 2.74. The summed E-state index contributed by atoms with van der Waals surface area (Å²) in [5, 5.41) is 0. The third-order valence-corrected chi connectivity index (χ3v) is 2.71. The minimum absolute atomic E-state index is 0.478. The number of rotatable bonds is 3. The van der Waals surface area contributed by atoms with E-state index in [0.717, 1.165) is 37.5 Å². The van der Waals surface area contributed by atoms with E-state index in [1.165, 1.54) is 0 Å². The highest BCUT2D eigenvalue weighted by Gasteiger charge is 2.24. The third-order valence-electron chi connectivity index (χ3n) is 2.71. The van der Waals surface area contributed by atoms with E-state index in [-0.39, 0.29) is 0 Å². The Kier molecular flexibility index (Phi) is 2.84. The van der Waals surface area contributed by atoms with E-state index >= 15 is 0 Å². The van der Waals surface area contributed by atoms with E-state index < -0.39 is 0 Å². The molecule has 2 N–H and O–H groups in total. The van der Waals surface area contributed by atoms with Crippen LogP contribution in [0.5, 0.6) is 0 Å². The van der Waals surface area contributed by atoms with Crippen LogP contribution < -0.4 is 5.73 Å². The van der Waals surface area contributed by atoms with Crippen LogP contribution in [0, 0.1) is 0 Å². The van der Waals surface area contributed by atoms with Crippen LogP contribution in [0.4, 0.5) is 0 Å². The molecule has 1 aromatic heterocycles. The topological polar surface area (TPSA) is 55.3 Å². The van der Waals surface area contributed by atoms with Crippen LogP contribution in [0.2, 0.25) is 0 Å². The molecule has 0 spiro atoms. The van der Waals surface area contributed by atoms with Crippen molar-refractivity contribution in [1.82, 2.24) is 9.88 Å². The second-order valence-corrected chi connectivity index (χ2v) is 3.96. The monoisotopic (exact) mass is 195 g/mol. The van der Waals surface area contributed by atoms with Gasteiger partial charge in [-0.25, -0.2) is 4.98 Å². The van der Waals surface area contributed by atoms with Gasteiger partial charge in [-0.2, -0.15) is 0 Å². The van der Waals surface area contributed by atoms with Crippen LogP contribution >= 0.6 is 0 Å². The van der Waals surface area contributed by atoms with Crippen molar-refractivity contribution in [2.75, 3.05) is 26.7 Å². The summed E-state index contributed by atoms with van der Waals surface area (Å²) in [5.41, 5.74) is 6.44. The molecule has 78 valence electrons.